The van der Waals surface area contributed by atoms with Crippen LogP contribution in [-0.2, 0) is 28.8 Å². The van der Waals surface area contributed by atoms with Crippen molar-refractivity contribution in [1.29, 1.82) is 0 Å². The molecular weight excluding hydrogens is 418 g/mol. The second-order valence-corrected chi connectivity index (χ2v) is 7.21. The van der Waals surface area contributed by atoms with Gasteiger partial charge in [0.05, 0.1) is 25.5 Å². The first-order chi connectivity index (χ1) is 14.3. The molecular formula is C17H29N5O9. The van der Waals surface area contributed by atoms with Crippen molar-refractivity contribution >= 4 is 35.6 Å². The van der Waals surface area contributed by atoms with E-state index in [0.29, 0.717) is 0 Å². The van der Waals surface area contributed by atoms with Gasteiger partial charge in [-0.2, -0.15) is 0 Å². The molecule has 0 fully saturated rings. The molecule has 0 aromatic carbocycles. The lowest BCUT2D eigenvalue weighted by Crippen LogP contribution is -2.58. The molecule has 0 radical (unpaired) electrons. The third-order valence-corrected chi connectivity index (χ3v) is 3.91. The van der Waals surface area contributed by atoms with Crippen molar-refractivity contribution in [3.05, 3.63) is 0 Å². The number of hydrogen-bond donors (Lipinski definition) is 8. The minimum atomic E-state index is -1.78. The molecule has 0 aromatic heterocycles. The fraction of sp³-hybridized carbons (Fsp3) is 0.647. The van der Waals surface area contributed by atoms with Crippen molar-refractivity contribution in [2.45, 2.75) is 57.3 Å². The van der Waals surface area contributed by atoms with Gasteiger partial charge in [-0.25, -0.2) is 4.79 Å². The molecule has 0 rings (SSSR count). The highest BCUT2D eigenvalue weighted by Gasteiger charge is 2.31. The van der Waals surface area contributed by atoms with Crippen LogP contribution in [0, 0.1) is 5.92 Å². The van der Waals surface area contributed by atoms with Gasteiger partial charge in [0.2, 0.25) is 23.6 Å². The number of carboxylic acids is 2. The summed E-state index contributed by atoms with van der Waals surface area (Å²) in [7, 11) is 0. The Hall–Kier alpha value is -3.26. The molecule has 0 aliphatic rings. The van der Waals surface area contributed by atoms with Gasteiger partial charge in [0.25, 0.3) is 0 Å². The van der Waals surface area contributed by atoms with E-state index in [1.54, 1.807) is 13.8 Å². The number of primary amides is 1. The molecule has 0 saturated carbocycles. The van der Waals surface area contributed by atoms with E-state index in [2.05, 4.69) is 10.6 Å². The van der Waals surface area contributed by atoms with Gasteiger partial charge in [-0.15, -0.1) is 0 Å². The second-order valence-electron chi connectivity index (χ2n) is 7.21. The zero-order valence-electron chi connectivity index (χ0n) is 17.2. The number of carbonyl (C=O) groups excluding carboxylic acids is 4. The predicted octanol–water partition coefficient (Wildman–Crippen LogP) is -3.76. The van der Waals surface area contributed by atoms with E-state index < -0.39 is 79.2 Å². The van der Waals surface area contributed by atoms with E-state index in [1.165, 1.54) is 0 Å². The highest BCUT2D eigenvalue weighted by atomic mass is 16.4. The average Bonchev–Trinajstić information content (AvgIpc) is 2.63. The maximum atomic E-state index is 12.6. The quantitative estimate of drug-likeness (QED) is 0.129. The van der Waals surface area contributed by atoms with Gasteiger partial charge in [-0.05, 0) is 12.3 Å². The fourth-order valence-electron chi connectivity index (χ4n) is 2.40. The lowest BCUT2D eigenvalue weighted by molar-refractivity contribution is -0.147. The van der Waals surface area contributed by atoms with Crippen LogP contribution < -0.4 is 27.4 Å². The topological polar surface area (TPSA) is 251 Å². The minimum Gasteiger partial charge on any atom is -0.481 e. The number of carboxylic acid groups (broad SMARTS) is 2. The summed E-state index contributed by atoms with van der Waals surface area (Å²) in [4.78, 5) is 69.6. The van der Waals surface area contributed by atoms with E-state index >= 15 is 0 Å². The van der Waals surface area contributed by atoms with Crippen LogP contribution in [0.2, 0.25) is 0 Å². The summed E-state index contributed by atoms with van der Waals surface area (Å²) in [6, 6.07) is -5.89. The fourth-order valence-corrected chi connectivity index (χ4v) is 2.40. The maximum Gasteiger partial charge on any atom is 0.326 e. The second kappa shape index (κ2) is 13.1. The summed E-state index contributed by atoms with van der Waals surface area (Å²) in [5, 5.41) is 33.5. The van der Waals surface area contributed by atoms with Crippen LogP contribution in [0.5, 0.6) is 0 Å². The molecule has 4 amide bonds. The Morgan fingerprint density at radius 2 is 1.29 bits per heavy atom. The molecule has 0 aliphatic carbocycles. The lowest BCUT2D eigenvalue weighted by Gasteiger charge is -2.25. The van der Waals surface area contributed by atoms with E-state index in [0.717, 1.165) is 0 Å². The Bertz CT molecular complexity index is 697. The van der Waals surface area contributed by atoms with Crippen molar-refractivity contribution in [2.75, 3.05) is 6.61 Å². The molecule has 10 N–H and O–H groups in total. The third kappa shape index (κ3) is 10.9. The van der Waals surface area contributed by atoms with Gasteiger partial charge in [-0.3, -0.25) is 24.0 Å². The molecule has 31 heavy (non-hydrogen) atoms. The normalized spacial score (nSPS) is 14.6. The molecule has 0 aromatic rings. The van der Waals surface area contributed by atoms with Gasteiger partial charge in [-0.1, -0.05) is 13.8 Å². The standard InChI is InChI=1S/C17H29N5O9/c1-7(2)3-9(20-14(27)8(18)4-12(19)24)15(28)22-11(6-23)16(29)21-10(17(30)31)5-13(25)26/h7-11,23H,3-6,18H2,1-2H3,(H2,19,24)(H,20,27)(H,21,29)(H,22,28)(H,25,26)(H,30,31). The Balaban J connectivity index is 5.27. The molecule has 14 nitrogen and oxygen atoms in total. The molecule has 0 spiro atoms. The van der Waals surface area contributed by atoms with Gasteiger partial charge in [0, 0.05) is 0 Å². The van der Waals surface area contributed by atoms with Crippen molar-refractivity contribution in [1.82, 2.24) is 16.0 Å². The van der Waals surface area contributed by atoms with E-state index in [-0.39, 0.29) is 12.3 Å². The first-order valence-corrected chi connectivity index (χ1v) is 9.28. The molecule has 4 atom stereocenters. The van der Waals surface area contributed by atoms with Crippen LogP contribution >= 0.6 is 0 Å². The van der Waals surface area contributed by atoms with Crippen molar-refractivity contribution in [2.24, 2.45) is 17.4 Å². The molecule has 4 unspecified atom stereocenters. The van der Waals surface area contributed by atoms with Crippen molar-refractivity contribution in [3.63, 3.8) is 0 Å². The van der Waals surface area contributed by atoms with Crippen LogP contribution in [0.3, 0.4) is 0 Å². The van der Waals surface area contributed by atoms with E-state index in [9.17, 15) is 33.9 Å². The van der Waals surface area contributed by atoms with Crippen LogP contribution in [0.4, 0.5) is 0 Å². The number of nitrogens with one attached hydrogen (secondary N) is 3. The van der Waals surface area contributed by atoms with Crippen LogP contribution in [0.25, 0.3) is 0 Å². The first-order valence-electron chi connectivity index (χ1n) is 9.28. The lowest BCUT2D eigenvalue weighted by atomic mass is 10.0. The number of rotatable bonds is 14. The smallest absolute Gasteiger partial charge is 0.326 e. The maximum absolute atomic E-state index is 12.6. The summed E-state index contributed by atoms with van der Waals surface area (Å²) < 4.78 is 0. The van der Waals surface area contributed by atoms with E-state index in [1.807, 2.05) is 5.32 Å². The first kappa shape index (κ1) is 27.7. The Kier molecular flexibility index (Phi) is 11.7. The van der Waals surface area contributed by atoms with Crippen molar-refractivity contribution in [3.8, 4) is 0 Å². The molecule has 0 bridgehead atoms. The zero-order chi connectivity index (χ0) is 24.3. The SMILES string of the molecule is CC(C)CC(NC(=O)C(N)CC(N)=O)C(=O)NC(CO)C(=O)NC(CC(=O)O)C(=O)O. The summed E-state index contributed by atoms with van der Waals surface area (Å²) >= 11 is 0. The van der Waals surface area contributed by atoms with Crippen LogP contribution in [0.1, 0.15) is 33.1 Å². The number of hydrogen-bond acceptors (Lipinski definition) is 8. The largest absolute Gasteiger partial charge is 0.481 e. The summed E-state index contributed by atoms with van der Waals surface area (Å²) in [5.74, 6) is -6.87. The predicted molar refractivity (Wildman–Crippen MR) is 104 cm³/mol. The molecule has 176 valence electrons. The molecule has 0 saturated heterocycles. The van der Waals surface area contributed by atoms with E-state index in [4.69, 9.17) is 21.7 Å². The van der Waals surface area contributed by atoms with Gasteiger partial charge >= 0.3 is 11.9 Å². The van der Waals surface area contributed by atoms with Gasteiger partial charge < -0.3 is 42.7 Å². The number of aliphatic carboxylic acids is 2. The van der Waals surface area contributed by atoms with Gasteiger partial charge in [0.1, 0.15) is 18.1 Å². The Morgan fingerprint density at radius 1 is 0.806 bits per heavy atom. The number of amides is 4. The highest BCUT2D eigenvalue weighted by molar-refractivity contribution is 5.95. The zero-order valence-corrected chi connectivity index (χ0v) is 17.2. The third-order valence-electron chi connectivity index (χ3n) is 3.91. The van der Waals surface area contributed by atoms with Crippen molar-refractivity contribution < 1.29 is 44.1 Å². The Morgan fingerprint density at radius 3 is 1.71 bits per heavy atom. The molecule has 0 heterocycles. The number of aliphatic hydroxyl groups is 1. The molecule has 14 heteroatoms. The number of nitrogens with two attached hydrogens (primary N) is 2. The minimum absolute atomic E-state index is 0.100. The number of aliphatic hydroxyl groups excluding tert-OH is 1. The van der Waals surface area contributed by atoms with Gasteiger partial charge in [0.15, 0.2) is 0 Å². The average molecular weight is 447 g/mol. The Labute approximate surface area is 177 Å². The highest BCUT2D eigenvalue weighted by Crippen LogP contribution is 2.06. The van der Waals surface area contributed by atoms with Crippen LogP contribution in [0.15, 0.2) is 0 Å². The van der Waals surface area contributed by atoms with Crippen LogP contribution in [-0.4, -0.2) is 81.7 Å². The monoisotopic (exact) mass is 447 g/mol. The number of carbonyl (C=O) groups is 6. The molecule has 0 aliphatic heterocycles. The summed E-state index contributed by atoms with van der Waals surface area (Å²) in [5.41, 5.74) is 10.5. The summed E-state index contributed by atoms with van der Waals surface area (Å²) in [6.45, 7) is 2.56. The summed E-state index contributed by atoms with van der Waals surface area (Å²) in [6.07, 6.45) is -1.27.